The Kier molecular flexibility index (Phi) is 5.76. The Morgan fingerprint density at radius 2 is 1.95 bits per heavy atom. The van der Waals surface area contributed by atoms with Gasteiger partial charge in [-0.1, -0.05) is 12.1 Å². The summed E-state index contributed by atoms with van der Waals surface area (Å²) < 4.78 is 5.66. The van der Waals surface area contributed by atoms with Gasteiger partial charge in [-0.2, -0.15) is 0 Å². The lowest BCUT2D eigenvalue weighted by atomic mass is 9.91. The minimum atomic E-state index is -0.532. The van der Waals surface area contributed by atoms with Gasteiger partial charge in [0.15, 0.2) is 5.75 Å². The summed E-state index contributed by atoms with van der Waals surface area (Å²) in [7, 11) is 0. The maximum Gasteiger partial charge on any atom is 0.150 e. The molecule has 0 saturated heterocycles. The second kappa shape index (κ2) is 6.79. The molecule has 0 aliphatic carbocycles. The SMILES string of the molecule is CC1=C(N)Nc2cc(C(C)(N)c3cccs3)ccc2O1.Cl.Cl. The monoisotopic (exact) mass is 359 g/mol. The second-order valence-electron chi connectivity index (χ2n) is 5.09. The van der Waals surface area contributed by atoms with Crippen molar-refractivity contribution >= 4 is 41.8 Å². The summed E-state index contributed by atoms with van der Waals surface area (Å²) >= 11 is 1.65. The fourth-order valence-corrected chi connectivity index (χ4v) is 3.03. The standard InChI is InChI=1S/C15H17N3OS.2ClH/c1-9-14(16)18-11-8-10(5-6-12(11)19-9)15(2,17)13-4-3-7-20-13;;/h3-8,18H,16-17H2,1-2H3;2*1H. The van der Waals surface area contributed by atoms with E-state index in [1.165, 1.54) is 0 Å². The number of hydrogen-bond acceptors (Lipinski definition) is 5. The highest BCUT2D eigenvalue weighted by Gasteiger charge is 2.26. The van der Waals surface area contributed by atoms with Crippen LogP contribution in [0.5, 0.6) is 5.75 Å². The normalized spacial score (nSPS) is 15.4. The van der Waals surface area contributed by atoms with Gasteiger partial charge in [0.05, 0.1) is 11.2 Å². The Morgan fingerprint density at radius 3 is 2.59 bits per heavy atom. The zero-order chi connectivity index (χ0) is 14.3. The highest BCUT2D eigenvalue weighted by molar-refractivity contribution is 7.10. The third kappa shape index (κ3) is 3.17. The quantitative estimate of drug-likeness (QED) is 0.762. The van der Waals surface area contributed by atoms with Crippen molar-refractivity contribution in [3.63, 3.8) is 0 Å². The summed E-state index contributed by atoms with van der Waals surface area (Å²) in [4.78, 5) is 1.12. The van der Waals surface area contributed by atoms with Gasteiger partial charge in [-0.3, -0.25) is 0 Å². The largest absolute Gasteiger partial charge is 0.456 e. The van der Waals surface area contributed by atoms with Gasteiger partial charge < -0.3 is 21.5 Å². The molecule has 0 radical (unpaired) electrons. The van der Waals surface area contributed by atoms with Crippen molar-refractivity contribution in [2.75, 3.05) is 5.32 Å². The van der Waals surface area contributed by atoms with E-state index in [1.54, 1.807) is 11.3 Å². The first-order chi connectivity index (χ1) is 9.48. The van der Waals surface area contributed by atoms with Crippen LogP contribution in [0.4, 0.5) is 5.69 Å². The number of fused-ring (bicyclic) bond motifs is 1. The molecule has 1 aliphatic heterocycles. The molecule has 2 heterocycles. The van der Waals surface area contributed by atoms with Crippen LogP contribution < -0.4 is 21.5 Å². The molecule has 1 aromatic carbocycles. The Morgan fingerprint density at radius 1 is 1.23 bits per heavy atom. The number of rotatable bonds is 2. The number of ether oxygens (including phenoxy) is 1. The Labute approximate surface area is 146 Å². The van der Waals surface area contributed by atoms with E-state index >= 15 is 0 Å². The van der Waals surface area contributed by atoms with Crippen LogP contribution in [0, 0.1) is 0 Å². The lowest BCUT2D eigenvalue weighted by Gasteiger charge is -2.27. The Balaban J connectivity index is 0.00000121. The molecule has 1 aromatic heterocycles. The molecule has 5 N–H and O–H groups in total. The summed E-state index contributed by atoms with van der Waals surface area (Å²) in [6.45, 7) is 3.84. The summed E-state index contributed by atoms with van der Waals surface area (Å²) in [5, 5.41) is 5.18. The van der Waals surface area contributed by atoms with Crippen LogP contribution in [0.3, 0.4) is 0 Å². The first-order valence-corrected chi connectivity index (χ1v) is 7.25. The van der Waals surface area contributed by atoms with Crippen LogP contribution in [0.1, 0.15) is 24.3 Å². The molecular formula is C15H19Cl2N3OS. The predicted octanol–water partition coefficient (Wildman–Crippen LogP) is 3.77. The van der Waals surface area contributed by atoms with Gasteiger partial charge in [-0.25, -0.2) is 0 Å². The zero-order valence-electron chi connectivity index (χ0n) is 12.3. The zero-order valence-corrected chi connectivity index (χ0v) is 14.7. The summed E-state index contributed by atoms with van der Waals surface area (Å²) in [5.41, 5.74) is 13.7. The van der Waals surface area contributed by atoms with Crippen LogP contribution in [-0.4, -0.2) is 0 Å². The number of nitrogens with one attached hydrogen (secondary N) is 1. The maximum absolute atomic E-state index is 6.50. The molecule has 0 spiro atoms. The average molecular weight is 360 g/mol. The van der Waals surface area contributed by atoms with Crippen molar-refractivity contribution in [2.45, 2.75) is 19.4 Å². The molecule has 0 amide bonds. The number of thiophene rings is 1. The van der Waals surface area contributed by atoms with Gasteiger partial charge in [0.1, 0.15) is 11.6 Å². The van der Waals surface area contributed by atoms with E-state index in [0.29, 0.717) is 11.6 Å². The Bertz CT molecular complexity index is 684. The maximum atomic E-state index is 6.50. The van der Waals surface area contributed by atoms with E-state index in [2.05, 4.69) is 5.32 Å². The third-order valence-electron chi connectivity index (χ3n) is 3.52. The number of benzene rings is 1. The molecule has 1 atom stereocenters. The summed E-state index contributed by atoms with van der Waals surface area (Å²) in [6.07, 6.45) is 0. The highest BCUT2D eigenvalue weighted by atomic mass is 35.5. The molecule has 4 nitrogen and oxygen atoms in total. The number of anilines is 1. The molecular weight excluding hydrogens is 341 g/mol. The van der Waals surface area contributed by atoms with Gasteiger partial charge in [0.2, 0.25) is 0 Å². The van der Waals surface area contributed by atoms with Crippen molar-refractivity contribution in [3.8, 4) is 5.75 Å². The lowest BCUT2D eigenvalue weighted by molar-refractivity contribution is 0.415. The fraction of sp³-hybridized carbons (Fsp3) is 0.200. The predicted molar refractivity (Wildman–Crippen MR) is 97.0 cm³/mol. The van der Waals surface area contributed by atoms with Gasteiger partial charge in [0, 0.05) is 4.88 Å². The Hall–Kier alpha value is -1.40. The van der Waals surface area contributed by atoms with Crippen LogP contribution in [0.15, 0.2) is 47.3 Å². The summed E-state index contributed by atoms with van der Waals surface area (Å²) in [6, 6.07) is 9.97. The topological polar surface area (TPSA) is 73.3 Å². The van der Waals surface area contributed by atoms with Gasteiger partial charge in [-0.05, 0) is 43.0 Å². The molecule has 0 bridgehead atoms. The van der Waals surface area contributed by atoms with E-state index in [4.69, 9.17) is 16.2 Å². The van der Waals surface area contributed by atoms with Crippen molar-refractivity contribution in [1.82, 2.24) is 0 Å². The van der Waals surface area contributed by atoms with E-state index in [9.17, 15) is 0 Å². The smallest absolute Gasteiger partial charge is 0.150 e. The minimum Gasteiger partial charge on any atom is -0.456 e. The molecule has 0 fully saturated rings. The van der Waals surface area contributed by atoms with Gasteiger partial charge >= 0.3 is 0 Å². The third-order valence-corrected chi connectivity index (χ3v) is 4.63. The minimum absolute atomic E-state index is 0. The molecule has 22 heavy (non-hydrogen) atoms. The molecule has 0 saturated carbocycles. The average Bonchev–Trinajstić information content (AvgIpc) is 2.94. The molecule has 7 heteroatoms. The van der Waals surface area contributed by atoms with Gasteiger partial charge in [-0.15, -0.1) is 36.2 Å². The fourth-order valence-electron chi connectivity index (χ4n) is 2.21. The second-order valence-corrected chi connectivity index (χ2v) is 6.04. The lowest BCUT2D eigenvalue weighted by Crippen LogP contribution is -2.33. The molecule has 120 valence electrons. The highest BCUT2D eigenvalue weighted by Crippen LogP contribution is 2.37. The molecule has 2 aromatic rings. The molecule has 1 aliphatic rings. The number of nitrogens with two attached hydrogens (primary N) is 2. The van der Waals surface area contributed by atoms with Crippen LogP contribution in [-0.2, 0) is 5.54 Å². The number of allylic oxidation sites excluding steroid dienone is 1. The van der Waals surface area contributed by atoms with E-state index in [-0.39, 0.29) is 24.8 Å². The molecule has 1 unspecified atom stereocenters. The van der Waals surface area contributed by atoms with Crippen molar-refractivity contribution in [3.05, 3.63) is 57.7 Å². The van der Waals surface area contributed by atoms with Crippen LogP contribution >= 0.6 is 36.2 Å². The van der Waals surface area contributed by atoms with E-state index in [0.717, 1.165) is 21.9 Å². The van der Waals surface area contributed by atoms with E-state index in [1.807, 2.05) is 49.6 Å². The van der Waals surface area contributed by atoms with Crippen molar-refractivity contribution in [1.29, 1.82) is 0 Å². The van der Waals surface area contributed by atoms with Crippen molar-refractivity contribution in [2.24, 2.45) is 11.5 Å². The van der Waals surface area contributed by atoms with Gasteiger partial charge in [0.25, 0.3) is 0 Å². The molecule has 3 rings (SSSR count). The van der Waals surface area contributed by atoms with E-state index < -0.39 is 5.54 Å². The number of hydrogen-bond donors (Lipinski definition) is 3. The first-order valence-electron chi connectivity index (χ1n) is 6.37. The number of halogens is 2. The van der Waals surface area contributed by atoms with Crippen LogP contribution in [0.25, 0.3) is 0 Å². The van der Waals surface area contributed by atoms with Crippen molar-refractivity contribution < 1.29 is 4.74 Å². The first kappa shape index (κ1) is 18.6. The summed E-state index contributed by atoms with van der Waals surface area (Å²) in [5.74, 6) is 1.98. The van der Waals surface area contributed by atoms with Crippen LogP contribution in [0.2, 0.25) is 0 Å².